The molecule has 5 rings (SSSR count). The predicted octanol–water partition coefficient (Wildman–Crippen LogP) is 6.44. The number of ether oxygens (including phenoxy) is 2. The van der Waals surface area contributed by atoms with Gasteiger partial charge in [0, 0.05) is 23.4 Å². The van der Waals surface area contributed by atoms with Crippen LogP contribution in [0.25, 0.3) is 22.0 Å². The van der Waals surface area contributed by atoms with Crippen LogP contribution in [-0.2, 0) is 4.79 Å². The second-order valence-corrected chi connectivity index (χ2v) is 9.85. The van der Waals surface area contributed by atoms with E-state index in [1.165, 1.54) is 12.4 Å². The average molecular weight is 562 g/mol. The van der Waals surface area contributed by atoms with Crippen molar-refractivity contribution in [2.24, 2.45) is 0 Å². The SMILES string of the molecule is COc1ccc(-c2c(NC(=O)C=CC3CCCN3C)ccc3ncnc(Nc4cccc(Cl)c4F)c23)cc1OC. The fourth-order valence-corrected chi connectivity index (χ4v) is 5.10. The highest BCUT2D eigenvalue weighted by atomic mass is 35.5. The predicted molar refractivity (Wildman–Crippen MR) is 156 cm³/mol. The van der Waals surface area contributed by atoms with Crippen molar-refractivity contribution in [3.05, 3.63) is 77.9 Å². The number of likely N-dealkylation sites (tertiary alicyclic amines) is 1. The lowest BCUT2D eigenvalue weighted by Gasteiger charge is -2.18. The second-order valence-electron chi connectivity index (χ2n) is 9.44. The number of nitrogens with zero attached hydrogens (tertiary/aromatic N) is 3. The number of aromatic nitrogens is 2. The Kier molecular flexibility index (Phi) is 8.14. The maximum atomic E-state index is 14.8. The van der Waals surface area contributed by atoms with Crippen molar-refractivity contribution >= 4 is 45.6 Å². The molecule has 8 nitrogen and oxygen atoms in total. The summed E-state index contributed by atoms with van der Waals surface area (Å²) in [6, 6.07) is 13.9. The number of methoxy groups -OCH3 is 2. The monoisotopic (exact) mass is 561 g/mol. The van der Waals surface area contributed by atoms with Crippen molar-refractivity contribution in [3.63, 3.8) is 0 Å². The largest absolute Gasteiger partial charge is 0.493 e. The Hall–Kier alpha value is -4.21. The fraction of sp³-hybridized carbons (Fsp3) is 0.233. The number of rotatable bonds is 8. The molecule has 0 spiro atoms. The molecule has 1 fully saturated rings. The van der Waals surface area contributed by atoms with Crippen LogP contribution in [0.4, 0.5) is 21.6 Å². The van der Waals surface area contributed by atoms with Gasteiger partial charge in [0.05, 0.1) is 35.8 Å². The lowest BCUT2D eigenvalue weighted by Crippen LogP contribution is -2.23. The number of hydrogen-bond donors (Lipinski definition) is 2. The van der Waals surface area contributed by atoms with Gasteiger partial charge in [-0.1, -0.05) is 29.8 Å². The number of amides is 1. The van der Waals surface area contributed by atoms with Gasteiger partial charge in [-0.25, -0.2) is 14.4 Å². The fourth-order valence-electron chi connectivity index (χ4n) is 4.92. The first-order valence-corrected chi connectivity index (χ1v) is 13.2. The van der Waals surface area contributed by atoms with Crippen molar-refractivity contribution < 1.29 is 18.7 Å². The number of carbonyl (C=O) groups is 1. The lowest BCUT2D eigenvalue weighted by atomic mass is 9.97. The van der Waals surface area contributed by atoms with E-state index in [-0.39, 0.29) is 22.7 Å². The second kappa shape index (κ2) is 11.9. The Labute approximate surface area is 236 Å². The van der Waals surface area contributed by atoms with Crippen LogP contribution in [0.3, 0.4) is 0 Å². The summed E-state index contributed by atoms with van der Waals surface area (Å²) >= 11 is 6.03. The van der Waals surface area contributed by atoms with Crippen molar-refractivity contribution in [1.82, 2.24) is 14.9 Å². The Balaban J connectivity index is 1.65. The third-order valence-corrected chi connectivity index (χ3v) is 7.28. The molecule has 1 aliphatic rings. The maximum absolute atomic E-state index is 14.8. The van der Waals surface area contributed by atoms with Gasteiger partial charge in [0.15, 0.2) is 17.3 Å². The van der Waals surface area contributed by atoms with Gasteiger partial charge in [-0.15, -0.1) is 0 Å². The lowest BCUT2D eigenvalue weighted by molar-refractivity contribution is -0.111. The molecule has 1 aliphatic heterocycles. The average Bonchev–Trinajstić information content (AvgIpc) is 3.38. The molecule has 2 N–H and O–H groups in total. The van der Waals surface area contributed by atoms with Gasteiger partial charge in [-0.05, 0) is 68.4 Å². The molecule has 4 aromatic rings. The molecule has 3 aromatic carbocycles. The van der Waals surface area contributed by atoms with Crippen LogP contribution < -0.4 is 20.1 Å². The van der Waals surface area contributed by atoms with E-state index >= 15 is 0 Å². The molecule has 0 saturated carbocycles. The zero-order valence-corrected chi connectivity index (χ0v) is 23.1. The molecule has 1 saturated heterocycles. The highest BCUT2D eigenvalue weighted by Crippen LogP contribution is 2.42. The number of carbonyl (C=O) groups excluding carboxylic acids is 1. The molecule has 10 heteroatoms. The number of hydrogen-bond acceptors (Lipinski definition) is 7. The van der Waals surface area contributed by atoms with Crippen molar-refractivity contribution in [2.45, 2.75) is 18.9 Å². The van der Waals surface area contributed by atoms with Crippen LogP contribution in [0.2, 0.25) is 5.02 Å². The van der Waals surface area contributed by atoms with Crippen LogP contribution in [0, 0.1) is 5.82 Å². The molecule has 0 bridgehead atoms. The van der Waals surface area contributed by atoms with E-state index in [1.807, 2.05) is 18.2 Å². The molecule has 1 unspecified atom stereocenters. The molecule has 40 heavy (non-hydrogen) atoms. The molecular formula is C30H29ClFN5O3. The minimum atomic E-state index is -0.602. The van der Waals surface area contributed by atoms with Gasteiger partial charge in [-0.2, -0.15) is 0 Å². The Morgan fingerprint density at radius 1 is 1.10 bits per heavy atom. The smallest absolute Gasteiger partial charge is 0.248 e. The summed E-state index contributed by atoms with van der Waals surface area (Å²) in [4.78, 5) is 24.2. The number of halogens is 2. The van der Waals surface area contributed by atoms with Crippen LogP contribution in [0.1, 0.15) is 12.8 Å². The minimum absolute atomic E-state index is 0.0175. The number of likely N-dealkylation sites (N-methyl/N-ethyl adjacent to an activating group) is 1. The Morgan fingerprint density at radius 2 is 1.93 bits per heavy atom. The van der Waals surface area contributed by atoms with E-state index in [0.717, 1.165) is 19.4 Å². The van der Waals surface area contributed by atoms with E-state index in [4.69, 9.17) is 21.1 Å². The van der Waals surface area contributed by atoms with Gasteiger partial charge in [-0.3, -0.25) is 9.69 Å². The zero-order valence-electron chi connectivity index (χ0n) is 22.4. The third-order valence-electron chi connectivity index (χ3n) is 6.99. The van der Waals surface area contributed by atoms with Gasteiger partial charge < -0.3 is 20.1 Å². The van der Waals surface area contributed by atoms with Crippen LogP contribution in [0.15, 0.2) is 67.0 Å². The summed E-state index contributed by atoms with van der Waals surface area (Å²) in [5.74, 6) is 0.529. The van der Waals surface area contributed by atoms with E-state index in [2.05, 4.69) is 32.5 Å². The first-order chi connectivity index (χ1) is 19.4. The van der Waals surface area contributed by atoms with Gasteiger partial charge in [0.25, 0.3) is 0 Å². The molecule has 1 amide bonds. The summed E-state index contributed by atoms with van der Waals surface area (Å²) in [5, 5.41) is 6.65. The van der Waals surface area contributed by atoms with Gasteiger partial charge >= 0.3 is 0 Å². The molecular weight excluding hydrogens is 533 g/mol. The first-order valence-electron chi connectivity index (χ1n) is 12.8. The molecule has 1 aromatic heterocycles. The minimum Gasteiger partial charge on any atom is -0.493 e. The number of anilines is 3. The summed E-state index contributed by atoms with van der Waals surface area (Å²) in [6.45, 7) is 1.01. The molecule has 0 aliphatic carbocycles. The highest BCUT2D eigenvalue weighted by Gasteiger charge is 2.21. The zero-order chi connectivity index (χ0) is 28.2. The van der Waals surface area contributed by atoms with Crippen molar-refractivity contribution in [1.29, 1.82) is 0 Å². The molecule has 2 heterocycles. The van der Waals surface area contributed by atoms with Crippen LogP contribution in [-0.4, -0.2) is 54.6 Å². The molecule has 1 atom stereocenters. The summed E-state index contributed by atoms with van der Waals surface area (Å²) in [5.41, 5.74) is 2.61. The van der Waals surface area contributed by atoms with E-state index < -0.39 is 5.82 Å². The summed E-state index contributed by atoms with van der Waals surface area (Å²) in [6.07, 6.45) is 7.00. The van der Waals surface area contributed by atoms with Crippen LogP contribution in [0.5, 0.6) is 11.5 Å². The highest BCUT2D eigenvalue weighted by molar-refractivity contribution is 6.31. The molecule has 206 valence electrons. The van der Waals surface area contributed by atoms with Gasteiger partial charge in [0.1, 0.15) is 12.1 Å². The van der Waals surface area contributed by atoms with E-state index in [9.17, 15) is 9.18 Å². The van der Waals surface area contributed by atoms with Crippen LogP contribution >= 0.6 is 11.6 Å². The van der Waals surface area contributed by atoms with E-state index in [1.54, 1.807) is 50.6 Å². The van der Waals surface area contributed by atoms with Crippen molar-refractivity contribution in [2.75, 3.05) is 38.4 Å². The first kappa shape index (κ1) is 27.4. The summed E-state index contributed by atoms with van der Waals surface area (Å²) in [7, 11) is 5.16. The number of nitrogens with one attached hydrogen (secondary N) is 2. The van der Waals surface area contributed by atoms with Crippen molar-refractivity contribution in [3.8, 4) is 22.6 Å². The maximum Gasteiger partial charge on any atom is 0.248 e. The quantitative estimate of drug-likeness (QED) is 0.239. The standard InChI is InChI=1S/C30H29ClFN5O3/c1-37-15-5-6-19(37)10-14-26(38)35-22-12-11-21-28(27(22)18-9-13-24(39-2)25(16-18)40-3)30(34-17-33-21)36-23-8-4-7-20(31)29(23)32/h4,7-14,16-17,19H,5-6,15H2,1-3H3,(H,35,38)(H,33,34,36). The van der Waals surface area contributed by atoms with Gasteiger partial charge in [0.2, 0.25) is 5.91 Å². The summed E-state index contributed by atoms with van der Waals surface area (Å²) < 4.78 is 25.8. The van der Waals surface area contributed by atoms with E-state index in [0.29, 0.717) is 45.0 Å². The molecule has 0 radical (unpaired) electrons. The third kappa shape index (κ3) is 5.57. The number of benzene rings is 3. The Morgan fingerprint density at radius 3 is 2.67 bits per heavy atom. The Bertz CT molecular complexity index is 1600. The topological polar surface area (TPSA) is 88.6 Å². The normalized spacial score (nSPS) is 15.5. The number of fused-ring (bicyclic) bond motifs is 1.